The minimum Gasteiger partial charge on any atom is -0.545 e. The quantitative estimate of drug-likeness (QED) is 0.851. The van der Waals surface area contributed by atoms with Crippen LogP contribution < -0.4 is 15.7 Å². The Morgan fingerprint density at radius 3 is 2.19 bits per heavy atom. The van der Waals surface area contributed by atoms with E-state index in [9.17, 15) is 19.5 Å². The van der Waals surface area contributed by atoms with Gasteiger partial charge in [0.05, 0.1) is 11.7 Å². The van der Waals surface area contributed by atoms with Crippen molar-refractivity contribution in [2.45, 2.75) is 32.1 Å². The van der Waals surface area contributed by atoms with Crippen LogP contribution in [0, 0.1) is 5.92 Å². The lowest BCUT2D eigenvalue weighted by Gasteiger charge is -2.20. The van der Waals surface area contributed by atoms with Crippen molar-refractivity contribution in [2.24, 2.45) is 5.92 Å². The molecule has 1 aliphatic carbocycles. The van der Waals surface area contributed by atoms with Crippen LogP contribution in [0.2, 0.25) is 0 Å². The number of carbonyl (C=O) groups excluding carboxylic acids is 3. The highest BCUT2D eigenvalue weighted by Gasteiger charge is 2.21. The van der Waals surface area contributed by atoms with Gasteiger partial charge in [0.2, 0.25) is 5.91 Å². The van der Waals surface area contributed by atoms with E-state index < -0.39 is 11.9 Å². The molecule has 140 valence electrons. The standard InChI is InChI=1S/C21H22N2O4/c24-19(14-6-2-1-3-7-14)22-16-12-10-15(11-13-16)20(25)23-18-9-5-4-8-17(18)21(26)27/h4-5,8-14H,1-3,6-7H2,(H,22,24)(H,23,25)(H,26,27)/p-1. The Labute approximate surface area is 157 Å². The van der Waals surface area contributed by atoms with E-state index in [-0.39, 0.29) is 23.1 Å². The Balaban J connectivity index is 1.64. The first-order chi connectivity index (χ1) is 13.0. The fraction of sp³-hybridized carbons (Fsp3) is 0.286. The molecule has 2 N–H and O–H groups in total. The maximum atomic E-state index is 12.4. The van der Waals surface area contributed by atoms with Crippen molar-refractivity contribution in [3.63, 3.8) is 0 Å². The molecule has 0 heterocycles. The SMILES string of the molecule is O=C(Nc1ccccc1C(=O)[O-])c1ccc(NC(=O)C2CCCCC2)cc1. The zero-order chi connectivity index (χ0) is 19.2. The fourth-order valence-electron chi connectivity index (χ4n) is 3.28. The third kappa shape index (κ3) is 4.73. The van der Waals surface area contributed by atoms with Crippen molar-refractivity contribution in [2.75, 3.05) is 10.6 Å². The lowest BCUT2D eigenvalue weighted by Crippen LogP contribution is -2.25. The number of aromatic carboxylic acids is 1. The molecule has 3 rings (SSSR count). The summed E-state index contributed by atoms with van der Waals surface area (Å²) in [6, 6.07) is 12.6. The van der Waals surface area contributed by atoms with Gasteiger partial charge in [0.15, 0.2) is 0 Å². The van der Waals surface area contributed by atoms with E-state index in [1.54, 1.807) is 36.4 Å². The number of carboxylic acid groups (broad SMARTS) is 1. The summed E-state index contributed by atoms with van der Waals surface area (Å²) in [7, 11) is 0. The van der Waals surface area contributed by atoms with Crippen molar-refractivity contribution in [3.05, 3.63) is 59.7 Å². The molecule has 0 aromatic heterocycles. The van der Waals surface area contributed by atoms with E-state index in [1.165, 1.54) is 18.6 Å². The Hall–Kier alpha value is -3.15. The fourth-order valence-corrected chi connectivity index (χ4v) is 3.28. The molecule has 0 atom stereocenters. The van der Waals surface area contributed by atoms with Gasteiger partial charge < -0.3 is 20.5 Å². The van der Waals surface area contributed by atoms with Crippen molar-refractivity contribution in [3.8, 4) is 0 Å². The van der Waals surface area contributed by atoms with Crippen LogP contribution in [0.15, 0.2) is 48.5 Å². The molecule has 27 heavy (non-hydrogen) atoms. The van der Waals surface area contributed by atoms with Crippen LogP contribution in [0.25, 0.3) is 0 Å². The van der Waals surface area contributed by atoms with E-state index in [0.29, 0.717) is 11.3 Å². The van der Waals surface area contributed by atoms with Crippen LogP contribution in [0.1, 0.15) is 52.8 Å². The number of para-hydroxylation sites is 1. The molecule has 2 aromatic carbocycles. The molecule has 0 bridgehead atoms. The molecule has 2 aromatic rings. The van der Waals surface area contributed by atoms with Gasteiger partial charge in [-0.2, -0.15) is 0 Å². The summed E-state index contributed by atoms with van der Waals surface area (Å²) in [5, 5.41) is 16.6. The number of anilines is 2. The number of rotatable bonds is 5. The smallest absolute Gasteiger partial charge is 0.255 e. The van der Waals surface area contributed by atoms with Crippen LogP contribution in [-0.4, -0.2) is 17.8 Å². The third-order valence-corrected chi connectivity index (χ3v) is 4.79. The summed E-state index contributed by atoms with van der Waals surface area (Å²) < 4.78 is 0. The second-order valence-electron chi connectivity index (χ2n) is 6.69. The van der Waals surface area contributed by atoms with Gasteiger partial charge in [-0.15, -0.1) is 0 Å². The Morgan fingerprint density at radius 1 is 0.852 bits per heavy atom. The van der Waals surface area contributed by atoms with Gasteiger partial charge in [-0.05, 0) is 43.2 Å². The molecular weight excluding hydrogens is 344 g/mol. The Morgan fingerprint density at radius 2 is 1.52 bits per heavy atom. The maximum Gasteiger partial charge on any atom is 0.255 e. The lowest BCUT2D eigenvalue weighted by atomic mass is 9.88. The predicted molar refractivity (Wildman–Crippen MR) is 100 cm³/mol. The van der Waals surface area contributed by atoms with Crippen molar-refractivity contribution in [1.82, 2.24) is 0 Å². The van der Waals surface area contributed by atoms with Crippen molar-refractivity contribution >= 4 is 29.2 Å². The third-order valence-electron chi connectivity index (χ3n) is 4.79. The average molecular weight is 365 g/mol. The molecule has 6 nitrogen and oxygen atoms in total. The van der Waals surface area contributed by atoms with Gasteiger partial charge in [0.1, 0.15) is 0 Å². The number of hydrogen-bond acceptors (Lipinski definition) is 4. The average Bonchev–Trinajstić information content (AvgIpc) is 2.69. The monoisotopic (exact) mass is 365 g/mol. The molecule has 0 radical (unpaired) electrons. The lowest BCUT2D eigenvalue weighted by molar-refractivity contribution is -0.254. The largest absolute Gasteiger partial charge is 0.545 e. The maximum absolute atomic E-state index is 12.4. The minimum absolute atomic E-state index is 0.0230. The Bertz CT molecular complexity index is 840. The van der Waals surface area contributed by atoms with Gasteiger partial charge in [-0.3, -0.25) is 9.59 Å². The van der Waals surface area contributed by atoms with E-state index in [1.807, 2.05) is 0 Å². The summed E-state index contributed by atoms with van der Waals surface area (Å²) >= 11 is 0. The second-order valence-corrected chi connectivity index (χ2v) is 6.69. The normalized spacial score (nSPS) is 14.4. The Kier molecular flexibility index (Phi) is 5.86. The number of carbonyl (C=O) groups is 3. The van der Waals surface area contributed by atoms with E-state index in [2.05, 4.69) is 10.6 Å². The van der Waals surface area contributed by atoms with Crippen molar-refractivity contribution < 1.29 is 19.5 Å². The molecule has 2 amide bonds. The molecule has 1 saturated carbocycles. The zero-order valence-corrected chi connectivity index (χ0v) is 14.9. The molecule has 0 aliphatic heterocycles. The zero-order valence-electron chi connectivity index (χ0n) is 14.9. The summed E-state index contributed by atoms with van der Waals surface area (Å²) in [5.74, 6) is -1.71. The van der Waals surface area contributed by atoms with Crippen LogP contribution in [-0.2, 0) is 4.79 Å². The minimum atomic E-state index is -1.35. The van der Waals surface area contributed by atoms with Gasteiger partial charge in [0, 0.05) is 22.7 Å². The van der Waals surface area contributed by atoms with Crippen LogP contribution in [0.4, 0.5) is 11.4 Å². The molecule has 0 saturated heterocycles. The van der Waals surface area contributed by atoms with E-state index in [4.69, 9.17) is 0 Å². The van der Waals surface area contributed by atoms with E-state index in [0.717, 1.165) is 25.7 Å². The molecule has 1 aliphatic rings. The molecule has 0 spiro atoms. The number of nitrogens with one attached hydrogen (secondary N) is 2. The molecular formula is C21H21N2O4-. The molecule has 6 heteroatoms. The summed E-state index contributed by atoms with van der Waals surface area (Å²) in [5.41, 5.74) is 1.09. The highest BCUT2D eigenvalue weighted by molar-refractivity contribution is 6.07. The number of benzene rings is 2. The van der Waals surface area contributed by atoms with Crippen LogP contribution >= 0.6 is 0 Å². The van der Waals surface area contributed by atoms with Gasteiger partial charge >= 0.3 is 0 Å². The van der Waals surface area contributed by atoms with Gasteiger partial charge in [0.25, 0.3) is 5.91 Å². The van der Waals surface area contributed by atoms with Crippen LogP contribution in [0.3, 0.4) is 0 Å². The first kappa shape index (κ1) is 18.6. The summed E-state index contributed by atoms with van der Waals surface area (Å²) in [4.78, 5) is 35.7. The van der Waals surface area contributed by atoms with E-state index >= 15 is 0 Å². The molecule has 1 fully saturated rings. The predicted octanol–water partition coefficient (Wildman–Crippen LogP) is 2.82. The van der Waals surface area contributed by atoms with Gasteiger partial charge in [-0.25, -0.2) is 0 Å². The number of carboxylic acids is 1. The first-order valence-corrected chi connectivity index (χ1v) is 9.07. The summed E-state index contributed by atoms with van der Waals surface area (Å²) in [6.07, 6.45) is 5.21. The molecule has 0 unspecified atom stereocenters. The highest BCUT2D eigenvalue weighted by atomic mass is 16.4. The van der Waals surface area contributed by atoms with Crippen molar-refractivity contribution in [1.29, 1.82) is 0 Å². The second kappa shape index (κ2) is 8.49. The first-order valence-electron chi connectivity index (χ1n) is 9.07. The van der Waals surface area contributed by atoms with Crippen LogP contribution in [0.5, 0.6) is 0 Å². The van der Waals surface area contributed by atoms with Gasteiger partial charge in [-0.1, -0.05) is 37.5 Å². The number of hydrogen-bond donors (Lipinski definition) is 2. The highest BCUT2D eigenvalue weighted by Crippen LogP contribution is 2.25. The number of amides is 2. The summed E-state index contributed by atoms with van der Waals surface area (Å²) in [6.45, 7) is 0. The topological polar surface area (TPSA) is 98.3 Å².